The van der Waals surface area contributed by atoms with Crippen molar-refractivity contribution >= 4 is 11.9 Å². The zero-order valence-electron chi connectivity index (χ0n) is 15.6. The highest BCUT2D eigenvalue weighted by Gasteiger charge is 2.28. The van der Waals surface area contributed by atoms with E-state index < -0.39 is 0 Å². The van der Waals surface area contributed by atoms with Gasteiger partial charge in [0, 0.05) is 42.9 Å². The molecule has 7 heteroatoms. The van der Waals surface area contributed by atoms with Crippen LogP contribution in [0.25, 0.3) is 0 Å². The number of guanidine groups is 1. The SMILES string of the molecule is CCNC(=NCc1ncc(C)c(OC)c1C)NCCNC(=O)C1CC1. The topological polar surface area (TPSA) is 87.6 Å². The van der Waals surface area contributed by atoms with Gasteiger partial charge in [-0.3, -0.25) is 9.78 Å². The molecule has 1 aromatic heterocycles. The van der Waals surface area contributed by atoms with Crippen LogP contribution in [0.3, 0.4) is 0 Å². The maximum atomic E-state index is 11.6. The second-order valence-electron chi connectivity index (χ2n) is 6.23. The average Bonchev–Trinajstić information content (AvgIpc) is 3.43. The quantitative estimate of drug-likeness (QED) is 0.375. The van der Waals surface area contributed by atoms with E-state index in [1.54, 1.807) is 7.11 Å². The van der Waals surface area contributed by atoms with Gasteiger partial charge in [-0.25, -0.2) is 4.99 Å². The van der Waals surface area contributed by atoms with Crippen LogP contribution in [0.5, 0.6) is 5.75 Å². The Morgan fingerprint density at radius 3 is 2.64 bits per heavy atom. The standard InChI is InChI=1S/C18H29N5O2/c1-5-19-18(21-9-8-20-17(24)14-6-7-14)23-11-15-13(3)16(25-4)12(2)10-22-15/h10,14H,5-9,11H2,1-4H3,(H,20,24)(H2,19,21,23). The Morgan fingerprint density at radius 1 is 1.28 bits per heavy atom. The summed E-state index contributed by atoms with van der Waals surface area (Å²) in [6.45, 7) is 8.45. The summed E-state index contributed by atoms with van der Waals surface area (Å²) in [5.74, 6) is 1.98. The minimum absolute atomic E-state index is 0.162. The normalized spacial score (nSPS) is 14.2. The van der Waals surface area contributed by atoms with E-state index in [1.165, 1.54) is 0 Å². The van der Waals surface area contributed by atoms with Gasteiger partial charge in [0.1, 0.15) is 5.75 Å². The van der Waals surface area contributed by atoms with Crippen molar-refractivity contribution in [3.05, 3.63) is 23.0 Å². The zero-order chi connectivity index (χ0) is 18.2. The third kappa shape index (κ3) is 5.62. The summed E-state index contributed by atoms with van der Waals surface area (Å²) in [5.41, 5.74) is 2.92. The van der Waals surface area contributed by atoms with Gasteiger partial charge in [0.2, 0.25) is 5.91 Å². The Kier molecular flexibility index (Phi) is 7.03. The predicted molar refractivity (Wildman–Crippen MR) is 98.8 cm³/mol. The number of ether oxygens (including phenoxy) is 1. The van der Waals surface area contributed by atoms with Crippen molar-refractivity contribution in [1.29, 1.82) is 0 Å². The Labute approximate surface area is 149 Å². The summed E-state index contributed by atoms with van der Waals surface area (Å²) < 4.78 is 5.44. The number of aliphatic imine (C=N–C) groups is 1. The van der Waals surface area contributed by atoms with E-state index in [0.717, 1.165) is 42.0 Å². The molecule has 1 heterocycles. The number of amides is 1. The molecule has 0 bridgehead atoms. The molecule has 0 unspecified atom stereocenters. The Balaban J connectivity index is 1.89. The van der Waals surface area contributed by atoms with Crippen LogP contribution >= 0.6 is 0 Å². The fourth-order valence-electron chi connectivity index (χ4n) is 2.58. The molecular weight excluding hydrogens is 318 g/mol. The molecule has 3 N–H and O–H groups in total. The summed E-state index contributed by atoms with van der Waals surface area (Å²) in [7, 11) is 1.67. The number of carbonyl (C=O) groups is 1. The van der Waals surface area contributed by atoms with Gasteiger partial charge in [-0.2, -0.15) is 0 Å². The van der Waals surface area contributed by atoms with Gasteiger partial charge in [0.15, 0.2) is 5.96 Å². The fraction of sp³-hybridized carbons (Fsp3) is 0.611. The van der Waals surface area contributed by atoms with Gasteiger partial charge >= 0.3 is 0 Å². The molecular formula is C18H29N5O2. The first kappa shape index (κ1) is 19.0. The van der Waals surface area contributed by atoms with Gasteiger partial charge in [0.25, 0.3) is 0 Å². The first-order valence-electron chi connectivity index (χ1n) is 8.85. The van der Waals surface area contributed by atoms with Gasteiger partial charge in [0.05, 0.1) is 19.3 Å². The van der Waals surface area contributed by atoms with Crippen LogP contribution in [-0.2, 0) is 11.3 Å². The number of carbonyl (C=O) groups excluding carboxylic acids is 1. The van der Waals surface area contributed by atoms with Gasteiger partial charge in [-0.1, -0.05) is 0 Å². The van der Waals surface area contributed by atoms with Crippen molar-refractivity contribution in [3.63, 3.8) is 0 Å². The fourth-order valence-corrected chi connectivity index (χ4v) is 2.58. The molecule has 1 fully saturated rings. The molecule has 25 heavy (non-hydrogen) atoms. The molecule has 0 aliphatic heterocycles. The largest absolute Gasteiger partial charge is 0.496 e. The number of aromatic nitrogens is 1. The minimum Gasteiger partial charge on any atom is -0.496 e. The lowest BCUT2D eigenvalue weighted by Crippen LogP contribution is -2.41. The molecule has 0 aromatic carbocycles. The second kappa shape index (κ2) is 9.25. The smallest absolute Gasteiger partial charge is 0.223 e. The molecule has 1 amide bonds. The van der Waals surface area contributed by atoms with Crippen LogP contribution in [-0.4, -0.2) is 43.6 Å². The van der Waals surface area contributed by atoms with Crippen molar-refractivity contribution in [2.75, 3.05) is 26.7 Å². The number of hydrogen-bond donors (Lipinski definition) is 3. The number of nitrogens with one attached hydrogen (secondary N) is 3. The predicted octanol–water partition coefficient (Wildman–Crippen LogP) is 1.29. The van der Waals surface area contributed by atoms with Crippen molar-refractivity contribution in [1.82, 2.24) is 20.9 Å². The Morgan fingerprint density at radius 2 is 2.00 bits per heavy atom. The zero-order valence-corrected chi connectivity index (χ0v) is 15.6. The molecule has 1 aromatic rings. The average molecular weight is 347 g/mol. The molecule has 1 aliphatic rings. The highest BCUT2D eigenvalue weighted by Crippen LogP contribution is 2.28. The van der Waals surface area contributed by atoms with Crippen molar-refractivity contribution < 1.29 is 9.53 Å². The summed E-state index contributed by atoms with van der Waals surface area (Å²) in [6, 6.07) is 0. The van der Waals surface area contributed by atoms with Crippen LogP contribution in [0, 0.1) is 19.8 Å². The summed E-state index contributed by atoms with van der Waals surface area (Å²) in [4.78, 5) is 20.6. The lowest BCUT2D eigenvalue weighted by Gasteiger charge is -2.13. The minimum atomic E-state index is 0.162. The van der Waals surface area contributed by atoms with E-state index in [0.29, 0.717) is 25.6 Å². The number of aryl methyl sites for hydroxylation is 1. The van der Waals surface area contributed by atoms with Crippen LogP contribution in [0.1, 0.15) is 36.6 Å². The van der Waals surface area contributed by atoms with E-state index in [-0.39, 0.29) is 11.8 Å². The third-order valence-electron chi connectivity index (χ3n) is 4.15. The molecule has 1 saturated carbocycles. The van der Waals surface area contributed by atoms with Crippen LogP contribution in [0.4, 0.5) is 0 Å². The maximum absolute atomic E-state index is 11.6. The van der Waals surface area contributed by atoms with Crippen molar-refractivity contribution in [3.8, 4) is 5.75 Å². The summed E-state index contributed by atoms with van der Waals surface area (Å²) in [5, 5.41) is 9.37. The van der Waals surface area contributed by atoms with E-state index in [1.807, 2.05) is 27.0 Å². The van der Waals surface area contributed by atoms with Crippen LogP contribution in [0.15, 0.2) is 11.2 Å². The third-order valence-corrected chi connectivity index (χ3v) is 4.15. The number of methoxy groups -OCH3 is 1. The molecule has 138 valence electrons. The lowest BCUT2D eigenvalue weighted by atomic mass is 10.1. The van der Waals surface area contributed by atoms with Crippen LogP contribution in [0.2, 0.25) is 0 Å². The highest BCUT2D eigenvalue weighted by molar-refractivity contribution is 5.81. The van der Waals surface area contributed by atoms with Gasteiger partial charge in [-0.05, 0) is 33.6 Å². The van der Waals surface area contributed by atoms with Gasteiger partial charge < -0.3 is 20.7 Å². The van der Waals surface area contributed by atoms with Crippen molar-refractivity contribution in [2.24, 2.45) is 10.9 Å². The number of rotatable bonds is 8. The lowest BCUT2D eigenvalue weighted by molar-refractivity contribution is -0.122. The van der Waals surface area contributed by atoms with Gasteiger partial charge in [-0.15, -0.1) is 0 Å². The molecule has 1 aliphatic carbocycles. The first-order valence-corrected chi connectivity index (χ1v) is 8.85. The molecule has 7 nitrogen and oxygen atoms in total. The Bertz CT molecular complexity index is 626. The number of hydrogen-bond acceptors (Lipinski definition) is 4. The second-order valence-corrected chi connectivity index (χ2v) is 6.23. The van der Waals surface area contributed by atoms with E-state index in [2.05, 4.69) is 25.9 Å². The first-order chi connectivity index (χ1) is 12.1. The molecule has 0 spiro atoms. The maximum Gasteiger partial charge on any atom is 0.223 e. The molecule has 0 atom stereocenters. The van der Waals surface area contributed by atoms with E-state index in [9.17, 15) is 4.79 Å². The van der Waals surface area contributed by atoms with Crippen LogP contribution < -0.4 is 20.7 Å². The molecule has 0 radical (unpaired) electrons. The highest BCUT2D eigenvalue weighted by atomic mass is 16.5. The number of pyridine rings is 1. The summed E-state index contributed by atoms with van der Waals surface area (Å²) >= 11 is 0. The Hall–Kier alpha value is -2.31. The molecule has 2 rings (SSSR count). The van der Waals surface area contributed by atoms with E-state index >= 15 is 0 Å². The van der Waals surface area contributed by atoms with E-state index in [4.69, 9.17) is 4.74 Å². The number of nitrogens with zero attached hydrogens (tertiary/aromatic N) is 2. The molecule has 0 saturated heterocycles. The van der Waals surface area contributed by atoms with Crippen molar-refractivity contribution in [2.45, 2.75) is 40.2 Å². The summed E-state index contributed by atoms with van der Waals surface area (Å²) in [6.07, 6.45) is 3.86. The monoisotopic (exact) mass is 347 g/mol.